The highest BCUT2D eigenvalue weighted by Crippen LogP contribution is 2.20. The standard InChI is InChI=1S/C17H31N3/c1-6-9-12-20(14(4)7-2)16-10-11-17(19-13-16)15(5)18-8-3/h10-11,13-15,18H,6-9,12H2,1-5H3. The van der Waals surface area contributed by atoms with Crippen LogP contribution in [0.25, 0.3) is 0 Å². The van der Waals surface area contributed by atoms with Gasteiger partial charge in [0.05, 0.1) is 17.6 Å². The molecule has 1 rings (SSSR count). The van der Waals surface area contributed by atoms with Crippen LogP contribution in [0, 0.1) is 0 Å². The molecule has 2 atom stereocenters. The molecule has 0 radical (unpaired) electrons. The molecule has 0 spiro atoms. The zero-order chi connectivity index (χ0) is 15.0. The van der Waals surface area contributed by atoms with E-state index in [2.05, 4.69) is 62.0 Å². The molecular formula is C17H31N3. The van der Waals surface area contributed by atoms with Crippen molar-refractivity contribution >= 4 is 5.69 Å². The maximum absolute atomic E-state index is 4.64. The number of nitrogens with zero attached hydrogens (tertiary/aromatic N) is 2. The zero-order valence-electron chi connectivity index (χ0n) is 13.8. The van der Waals surface area contributed by atoms with Crippen molar-refractivity contribution in [2.75, 3.05) is 18.0 Å². The summed E-state index contributed by atoms with van der Waals surface area (Å²) < 4.78 is 0. The van der Waals surface area contributed by atoms with Crippen molar-refractivity contribution in [2.24, 2.45) is 0 Å². The van der Waals surface area contributed by atoms with E-state index < -0.39 is 0 Å². The number of pyridine rings is 1. The summed E-state index contributed by atoms with van der Waals surface area (Å²) in [5.41, 5.74) is 2.37. The Labute approximate surface area is 124 Å². The minimum atomic E-state index is 0.321. The summed E-state index contributed by atoms with van der Waals surface area (Å²) in [6.07, 6.45) is 5.67. The van der Waals surface area contributed by atoms with Gasteiger partial charge in [0.15, 0.2) is 0 Å². The Balaban J connectivity index is 2.81. The second-order valence-electron chi connectivity index (χ2n) is 5.52. The van der Waals surface area contributed by atoms with Gasteiger partial charge in [-0.3, -0.25) is 4.98 Å². The number of hydrogen-bond donors (Lipinski definition) is 1. The third kappa shape index (κ3) is 4.78. The van der Waals surface area contributed by atoms with Crippen LogP contribution in [0.3, 0.4) is 0 Å². The predicted molar refractivity (Wildman–Crippen MR) is 88.3 cm³/mol. The molecule has 0 amide bonds. The van der Waals surface area contributed by atoms with E-state index in [0.717, 1.165) is 18.8 Å². The molecule has 0 aliphatic heterocycles. The van der Waals surface area contributed by atoms with Crippen molar-refractivity contribution < 1.29 is 0 Å². The maximum Gasteiger partial charge on any atom is 0.0572 e. The molecule has 0 bridgehead atoms. The Hall–Kier alpha value is -1.09. The summed E-state index contributed by atoms with van der Waals surface area (Å²) in [4.78, 5) is 7.12. The molecule has 0 aromatic carbocycles. The smallest absolute Gasteiger partial charge is 0.0572 e. The summed E-state index contributed by atoms with van der Waals surface area (Å²) in [5, 5.41) is 3.40. The van der Waals surface area contributed by atoms with Gasteiger partial charge in [-0.15, -0.1) is 0 Å². The lowest BCUT2D eigenvalue weighted by atomic mass is 10.1. The fraction of sp³-hybridized carbons (Fsp3) is 0.706. The lowest BCUT2D eigenvalue weighted by Gasteiger charge is -2.30. The first kappa shape index (κ1) is 17.0. The van der Waals surface area contributed by atoms with Gasteiger partial charge in [0.1, 0.15) is 0 Å². The van der Waals surface area contributed by atoms with Gasteiger partial charge in [0.2, 0.25) is 0 Å². The maximum atomic E-state index is 4.64. The molecule has 1 heterocycles. The average Bonchev–Trinajstić information content (AvgIpc) is 2.48. The minimum Gasteiger partial charge on any atom is -0.368 e. The second-order valence-corrected chi connectivity index (χ2v) is 5.52. The topological polar surface area (TPSA) is 28.2 Å². The number of nitrogens with one attached hydrogen (secondary N) is 1. The van der Waals surface area contributed by atoms with Gasteiger partial charge < -0.3 is 10.2 Å². The summed E-state index contributed by atoms with van der Waals surface area (Å²) in [5.74, 6) is 0. The molecule has 3 nitrogen and oxygen atoms in total. The van der Waals surface area contributed by atoms with Crippen molar-refractivity contribution in [3.8, 4) is 0 Å². The lowest BCUT2D eigenvalue weighted by Crippen LogP contribution is -2.33. The van der Waals surface area contributed by atoms with E-state index in [1.54, 1.807) is 0 Å². The van der Waals surface area contributed by atoms with Crippen LogP contribution in [0.4, 0.5) is 5.69 Å². The van der Waals surface area contributed by atoms with E-state index in [9.17, 15) is 0 Å². The van der Waals surface area contributed by atoms with Gasteiger partial charge in [0.25, 0.3) is 0 Å². The minimum absolute atomic E-state index is 0.321. The first-order valence-corrected chi connectivity index (χ1v) is 8.09. The largest absolute Gasteiger partial charge is 0.368 e. The van der Waals surface area contributed by atoms with Crippen LogP contribution >= 0.6 is 0 Å². The molecule has 2 unspecified atom stereocenters. The number of anilines is 1. The zero-order valence-corrected chi connectivity index (χ0v) is 13.8. The highest BCUT2D eigenvalue weighted by atomic mass is 15.2. The molecule has 0 aliphatic carbocycles. The SMILES string of the molecule is CCCCN(c1ccc(C(C)NCC)nc1)C(C)CC. The highest BCUT2D eigenvalue weighted by molar-refractivity contribution is 5.45. The van der Waals surface area contributed by atoms with Crippen molar-refractivity contribution in [2.45, 2.75) is 66.0 Å². The second kappa shape index (κ2) is 8.96. The quantitative estimate of drug-likeness (QED) is 0.734. The Bertz CT molecular complexity index is 361. The normalized spacial score (nSPS) is 14.1. The molecule has 1 aromatic rings. The first-order valence-electron chi connectivity index (χ1n) is 8.09. The van der Waals surface area contributed by atoms with Crippen LogP contribution in [0.15, 0.2) is 18.3 Å². The molecule has 114 valence electrons. The summed E-state index contributed by atoms with van der Waals surface area (Å²) >= 11 is 0. The van der Waals surface area contributed by atoms with E-state index >= 15 is 0 Å². The van der Waals surface area contributed by atoms with E-state index in [1.165, 1.54) is 24.9 Å². The number of aromatic nitrogens is 1. The third-order valence-corrected chi connectivity index (χ3v) is 3.93. The Morgan fingerprint density at radius 3 is 2.45 bits per heavy atom. The van der Waals surface area contributed by atoms with Crippen LogP contribution in [-0.4, -0.2) is 24.1 Å². The van der Waals surface area contributed by atoms with Crippen LogP contribution < -0.4 is 10.2 Å². The number of hydrogen-bond acceptors (Lipinski definition) is 3. The Morgan fingerprint density at radius 2 is 1.95 bits per heavy atom. The fourth-order valence-electron chi connectivity index (χ4n) is 2.39. The van der Waals surface area contributed by atoms with E-state index in [0.29, 0.717) is 12.1 Å². The average molecular weight is 277 g/mol. The molecule has 1 N–H and O–H groups in total. The van der Waals surface area contributed by atoms with E-state index in [4.69, 9.17) is 0 Å². The molecule has 0 fully saturated rings. The molecule has 3 heteroatoms. The van der Waals surface area contributed by atoms with E-state index in [1.807, 2.05) is 6.20 Å². The third-order valence-electron chi connectivity index (χ3n) is 3.93. The Morgan fingerprint density at radius 1 is 1.20 bits per heavy atom. The monoisotopic (exact) mass is 277 g/mol. The van der Waals surface area contributed by atoms with Crippen LogP contribution in [-0.2, 0) is 0 Å². The van der Waals surface area contributed by atoms with Gasteiger partial charge in [0, 0.05) is 18.6 Å². The van der Waals surface area contributed by atoms with Crippen LogP contribution in [0.1, 0.15) is 65.6 Å². The molecule has 0 saturated carbocycles. The molecular weight excluding hydrogens is 246 g/mol. The molecule has 0 aliphatic rings. The van der Waals surface area contributed by atoms with E-state index in [-0.39, 0.29) is 0 Å². The van der Waals surface area contributed by atoms with Crippen LogP contribution in [0.2, 0.25) is 0 Å². The van der Waals surface area contributed by atoms with Crippen molar-refractivity contribution in [1.82, 2.24) is 10.3 Å². The Kier molecular flexibility index (Phi) is 7.60. The fourth-order valence-corrected chi connectivity index (χ4v) is 2.39. The summed E-state index contributed by atoms with van der Waals surface area (Å²) in [7, 11) is 0. The molecule has 0 saturated heterocycles. The van der Waals surface area contributed by atoms with Gasteiger partial charge >= 0.3 is 0 Å². The molecule has 1 aromatic heterocycles. The van der Waals surface area contributed by atoms with Gasteiger partial charge in [-0.25, -0.2) is 0 Å². The summed E-state index contributed by atoms with van der Waals surface area (Å²) in [6, 6.07) is 5.27. The van der Waals surface area contributed by atoms with Crippen molar-refractivity contribution in [3.05, 3.63) is 24.0 Å². The first-order chi connectivity index (χ1) is 9.63. The van der Waals surface area contributed by atoms with Gasteiger partial charge in [-0.1, -0.05) is 27.2 Å². The molecule has 20 heavy (non-hydrogen) atoms. The highest BCUT2D eigenvalue weighted by Gasteiger charge is 2.13. The van der Waals surface area contributed by atoms with Gasteiger partial charge in [-0.05, 0) is 45.4 Å². The number of rotatable bonds is 9. The van der Waals surface area contributed by atoms with Crippen molar-refractivity contribution in [1.29, 1.82) is 0 Å². The van der Waals surface area contributed by atoms with Crippen molar-refractivity contribution in [3.63, 3.8) is 0 Å². The summed E-state index contributed by atoms with van der Waals surface area (Å²) in [6.45, 7) is 13.2. The lowest BCUT2D eigenvalue weighted by molar-refractivity contribution is 0.579. The predicted octanol–water partition coefficient (Wildman–Crippen LogP) is 4.16. The number of unbranched alkanes of at least 4 members (excludes halogenated alkanes) is 1. The van der Waals surface area contributed by atoms with Gasteiger partial charge in [-0.2, -0.15) is 0 Å². The van der Waals surface area contributed by atoms with Crippen LogP contribution in [0.5, 0.6) is 0 Å².